The van der Waals surface area contributed by atoms with Gasteiger partial charge in [0.2, 0.25) is 0 Å². The quantitative estimate of drug-likeness (QED) is 0.276. The van der Waals surface area contributed by atoms with Gasteiger partial charge in [-0.1, -0.05) is 11.8 Å². The van der Waals surface area contributed by atoms with Gasteiger partial charge in [-0.2, -0.15) is 0 Å². The Balaban J connectivity index is -0.000000605. The summed E-state index contributed by atoms with van der Waals surface area (Å²) in [7, 11) is -8.92. The van der Waals surface area contributed by atoms with Gasteiger partial charge < -0.3 is 9.11 Å². The number of rotatable bonds is 2. The second-order valence-corrected chi connectivity index (χ2v) is 4.57. The second-order valence-electron chi connectivity index (χ2n) is 1.76. The van der Waals surface area contributed by atoms with Gasteiger partial charge in [-0.15, -0.1) is 0 Å². The van der Waals surface area contributed by atoms with Crippen molar-refractivity contribution in [3.8, 4) is 11.8 Å². The standard InChI is InChI=1S/C4H6O6S2.2Na/c5-11(6,7)3-1-2-4-12(8,9)10;;/h3-4H2,(H,5,6,7)(H,8,9,10);;/q;2*+1/p-2. The summed E-state index contributed by atoms with van der Waals surface area (Å²) in [6.07, 6.45) is 0. The Kier molecular flexibility index (Phi) is 12.6. The predicted octanol–water partition coefficient (Wildman–Crippen LogP) is -7.91. The van der Waals surface area contributed by atoms with Gasteiger partial charge in [-0.05, 0) is 0 Å². The molecule has 0 fully saturated rings. The van der Waals surface area contributed by atoms with Gasteiger partial charge >= 0.3 is 59.1 Å². The van der Waals surface area contributed by atoms with E-state index in [2.05, 4.69) is 0 Å². The first-order valence-corrected chi connectivity index (χ1v) is 5.69. The van der Waals surface area contributed by atoms with Crippen molar-refractivity contribution in [3.63, 3.8) is 0 Å². The van der Waals surface area contributed by atoms with E-state index in [0.29, 0.717) is 0 Å². The third-order valence-electron chi connectivity index (χ3n) is 0.623. The van der Waals surface area contributed by atoms with Gasteiger partial charge in [0.25, 0.3) is 0 Å². The topological polar surface area (TPSA) is 114 Å². The minimum Gasteiger partial charge on any atom is -0.747 e. The van der Waals surface area contributed by atoms with E-state index >= 15 is 0 Å². The molecule has 10 heteroatoms. The fraction of sp³-hybridized carbons (Fsp3) is 0.500. The molecule has 0 aliphatic carbocycles. The van der Waals surface area contributed by atoms with E-state index in [-0.39, 0.29) is 59.1 Å². The first-order chi connectivity index (χ1) is 5.21. The number of hydrogen-bond acceptors (Lipinski definition) is 6. The molecule has 0 aliphatic heterocycles. The fourth-order valence-electron chi connectivity index (χ4n) is 0.279. The van der Waals surface area contributed by atoms with Crippen molar-refractivity contribution in [1.82, 2.24) is 0 Å². The van der Waals surface area contributed by atoms with Crippen LogP contribution >= 0.6 is 0 Å². The normalized spacial score (nSPS) is 10.1. The molecule has 0 aromatic heterocycles. The summed E-state index contributed by atoms with van der Waals surface area (Å²) in [4.78, 5) is 0. The van der Waals surface area contributed by atoms with Crippen LogP contribution in [0.25, 0.3) is 0 Å². The molecule has 0 rings (SSSR count). The van der Waals surface area contributed by atoms with Gasteiger partial charge in [0.15, 0.2) is 0 Å². The first-order valence-electron chi connectivity index (χ1n) is 2.53. The van der Waals surface area contributed by atoms with Crippen molar-refractivity contribution < 1.29 is 85.1 Å². The van der Waals surface area contributed by atoms with Crippen LogP contribution in [-0.4, -0.2) is 37.4 Å². The van der Waals surface area contributed by atoms with Crippen LogP contribution in [0.5, 0.6) is 0 Å². The van der Waals surface area contributed by atoms with E-state index < -0.39 is 31.7 Å². The summed E-state index contributed by atoms with van der Waals surface area (Å²) in [5.41, 5.74) is 0. The molecule has 0 N–H and O–H groups in total. The van der Waals surface area contributed by atoms with E-state index in [4.69, 9.17) is 0 Å². The Labute approximate surface area is 127 Å². The summed E-state index contributed by atoms with van der Waals surface area (Å²) >= 11 is 0. The minimum absolute atomic E-state index is 0. The van der Waals surface area contributed by atoms with Crippen molar-refractivity contribution >= 4 is 20.2 Å². The predicted molar refractivity (Wildman–Crippen MR) is 36.9 cm³/mol. The number of hydrogen-bond donors (Lipinski definition) is 0. The van der Waals surface area contributed by atoms with Gasteiger partial charge in [0.05, 0.1) is 11.5 Å². The molecule has 0 bridgehead atoms. The average molecular weight is 258 g/mol. The van der Waals surface area contributed by atoms with Crippen LogP contribution in [-0.2, 0) is 20.2 Å². The second kappa shape index (κ2) is 8.52. The first kappa shape index (κ1) is 20.8. The van der Waals surface area contributed by atoms with Crippen LogP contribution in [0.4, 0.5) is 0 Å². The van der Waals surface area contributed by atoms with Crippen LogP contribution in [0.1, 0.15) is 0 Å². The molecule has 6 nitrogen and oxygen atoms in total. The molecule has 0 spiro atoms. The third-order valence-corrected chi connectivity index (χ3v) is 1.62. The van der Waals surface area contributed by atoms with Gasteiger partial charge in [0, 0.05) is 0 Å². The zero-order valence-corrected chi connectivity index (χ0v) is 13.3. The van der Waals surface area contributed by atoms with Crippen LogP contribution in [0, 0.1) is 11.8 Å². The van der Waals surface area contributed by atoms with E-state index in [0.717, 1.165) is 0 Å². The molecule has 0 aromatic rings. The van der Waals surface area contributed by atoms with Crippen LogP contribution in [0.3, 0.4) is 0 Å². The average Bonchev–Trinajstić information content (AvgIpc) is 1.76. The molecule has 0 radical (unpaired) electrons. The minimum atomic E-state index is -4.46. The van der Waals surface area contributed by atoms with Crippen molar-refractivity contribution in [2.75, 3.05) is 11.5 Å². The summed E-state index contributed by atoms with van der Waals surface area (Å²) in [6.45, 7) is 0. The molecule has 0 amide bonds. The van der Waals surface area contributed by atoms with Crippen LogP contribution < -0.4 is 59.1 Å². The smallest absolute Gasteiger partial charge is 0.747 e. The maximum absolute atomic E-state index is 9.87. The molecule has 0 unspecified atom stereocenters. The van der Waals surface area contributed by atoms with Crippen LogP contribution in [0.2, 0.25) is 0 Å². The molecule has 0 atom stereocenters. The Hall–Kier alpha value is 1.38. The molecule has 0 saturated heterocycles. The maximum atomic E-state index is 9.87. The fourth-order valence-corrected chi connectivity index (χ4v) is 0.837. The maximum Gasteiger partial charge on any atom is 1.00 e. The molecule has 0 aliphatic rings. The monoisotopic (exact) mass is 258 g/mol. The van der Waals surface area contributed by atoms with Gasteiger partial charge in [-0.3, -0.25) is 0 Å². The largest absolute Gasteiger partial charge is 1.00 e. The third kappa shape index (κ3) is 19.0. The van der Waals surface area contributed by atoms with Gasteiger partial charge in [-0.25, -0.2) is 16.8 Å². The van der Waals surface area contributed by atoms with E-state index in [9.17, 15) is 25.9 Å². The summed E-state index contributed by atoms with van der Waals surface area (Å²) in [5.74, 6) is 1.54. The van der Waals surface area contributed by atoms with Crippen molar-refractivity contribution in [3.05, 3.63) is 0 Å². The van der Waals surface area contributed by atoms with E-state index in [1.54, 1.807) is 11.8 Å². The van der Waals surface area contributed by atoms with Crippen molar-refractivity contribution in [2.45, 2.75) is 0 Å². The zero-order valence-electron chi connectivity index (χ0n) is 7.68. The van der Waals surface area contributed by atoms with Crippen LogP contribution in [0.15, 0.2) is 0 Å². The Morgan fingerprint density at radius 2 is 1.00 bits per heavy atom. The molecule has 0 aromatic carbocycles. The van der Waals surface area contributed by atoms with Gasteiger partial charge in [0.1, 0.15) is 20.2 Å². The molecular weight excluding hydrogens is 254 g/mol. The van der Waals surface area contributed by atoms with E-state index in [1.165, 1.54) is 0 Å². The summed E-state index contributed by atoms with van der Waals surface area (Å²) < 4.78 is 59.2. The molecular formula is C4H4Na2O6S2. The Morgan fingerprint density at radius 3 is 1.14 bits per heavy atom. The van der Waals surface area contributed by atoms with Crippen molar-refractivity contribution in [2.24, 2.45) is 0 Å². The molecule has 14 heavy (non-hydrogen) atoms. The van der Waals surface area contributed by atoms with E-state index in [1.807, 2.05) is 0 Å². The molecule has 0 saturated carbocycles. The zero-order chi connectivity index (χ0) is 9.83. The summed E-state index contributed by atoms with van der Waals surface area (Å²) in [5, 5.41) is 0. The van der Waals surface area contributed by atoms with Crippen molar-refractivity contribution in [1.29, 1.82) is 0 Å². The Morgan fingerprint density at radius 1 is 0.786 bits per heavy atom. The SMILES string of the molecule is O=S(=O)([O-])CC#CCS(=O)(=O)[O-].[Na+].[Na+]. The Bertz CT molecular complexity index is 361. The molecule has 0 heterocycles. The summed E-state index contributed by atoms with van der Waals surface area (Å²) in [6, 6.07) is 0. The molecule has 70 valence electrons.